The lowest BCUT2D eigenvalue weighted by Gasteiger charge is -2.64. The van der Waals surface area contributed by atoms with Gasteiger partial charge in [0, 0.05) is 12.3 Å². The molecule has 1 N–H and O–H groups in total. The Balaban J connectivity index is 1.59. The van der Waals surface area contributed by atoms with Crippen LogP contribution in [0.5, 0.6) is 0 Å². The van der Waals surface area contributed by atoms with Crippen LogP contribution < -0.4 is 5.32 Å². The van der Waals surface area contributed by atoms with Gasteiger partial charge in [-0.05, 0) is 55.3 Å². The standard InChI is InChI=1S/C18H24N2O2S/c1-11(21)13-7-23-15(19-13)20-14(22)18-6-12-4-16(2,9-18)8-17(3,5-12)10-18/h7,12H,4-6,8-10H2,1-3H3,(H,19,20,22). The molecule has 1 aromatic heterocycles. The van der Waals surface area contributed by atoms with E-state index in [4.69, 9.17) is 0 Å². The van der Waals surface area contributed by atoms with Gasteiger partial charge in [-0.3, -0.25) is 9.59 Å². The van der Waals surface area contributed by atoms with Gasteiger partial charge in [0.2, 0.25) is 5.91 Å². The van der Waals surface area contributed by atoms with Crippen LogP contribution in [0.3, 0.4) is 0 Å². The van der Waals surface area contributed by atoms with Crippen molar-refractivity contribution in [3.63, 3.8) is 0 Å². The van der Waals surface area contributed by atoms with Crippen molar-refractivity contribution in [3.8, 4) is 0 Å². The Morgan fingerprint density at radius 1 is 1.17 bits per heavy atom. The summed E-state index contributed by atoms with van der Waals surface area (Å²) in [7, 11) is 0. The van der Waals surface area contributed by atoms with E-state index in [0.29, 0.717) is 27.6 Å². The van der Waals surface area contributed by atoms with Gasteiger partial charge in [-0.25, -0.2) is 4.98 Å². The van der Waals surface area contributed by atoms with Crippen LogP contribution in [0.1, 0.15) is 69.8 Å². The molecule has 2 unspecified atom stereocenters. The van der Waals surface area contributed by atoms with E-state index < -0.39 is 0 Å². The Labute approximate surface area is 141 Å². The Hall–Kier alpha value is -1.23. The van der Waals surface area contributed by atoms with E-state index in [2.05, 4.69) is 24.1 Å². The quantitative estimate of drug-likeness (QED) is 0.840. The van der Waals surface area contributed by atoms with E-state index in [1.807, 2.05) is 0 Å². The molecule has 4 bridgehead atoms. The van der Waals surface area contributed by atoms with Gasteiger partial charge < -0.3 is 5.32 Å². The van der Waals surface area contributed by atoms with Crippen LogP contribution in [-0.4, -0.2) is 16.7 Å². The Morgan fingerprint density at radius 2 is 1.83 bits per heavy atom. The second-order valence-corrected chi connectivity index (χ2v) is 9.82. The van der Waals surface area contributed by atoms with Crippen molar-refractivity contribution in [1.82, 2.24) is 4.98 Å². The summed E-state index contributed by atoms with van der Waals surface area (Å²) in [5, 5.41) is 5.31. The molecular formula is C18H24N2O2S. The minimum Gasteiger partial charge on any atom is -0.301 e. The van der Waals surface area contributed by atoms with Gasteiger partial charge in [0.05, 0.1) is 5.41 Å². The number of ketones is 1. The number of thiazole rings is 1. The summed E-state index contributed by atoms with van der Waals surface area (Å²) in [4.78, 5) is 28.7. The van der Waals surface area contributed by atoms with Crippen LogP contribution in [-0.2, 0) is 4.79 Å². The lowest BCUT2D eigenvalue weighted by atomic mass is 9.40. The van der Waals surface area contributed by atoms with Gasteiger partial charge in [-0.2, -0.15) is 0 Å². The minimum atomic E-state index is -0.231. The molecule has 1 amide bonds. The number of aromatic nitrogens is 1. The first-order valence-corrected chi connectivity index (χ1v) is 9.37. The lowest BCUT2D eigenvalue weighted by molar-refractivity contribution is -0.165. The van der Waals surface area contributed by atoms with Crippen LogP contribution in [0.15, 0.2) is 5.38 Å². The zero-order valence-corrected chi connectivity index (χ0v) is 14.9. The van der Waals surface area contributed by atoms with E-state index in [-0.39, 0.29) is 17.1 Å². The Kier molecular flexibility index (Phi) is 3.10. The zero-order chi connectivity index (χ0) is 16.5. The van der Waals surface area contributed by atoms with Crippen LogP contribution >= 0.6 is 11.3 Å². The molecule has 4 aliphatic rings. The molecule has 23 heavy (non-hydrogen) atoms. The summed E-state index contributed by atoms with van der Waals surface area (Å²) in [5.74, 6) is 0.760. The smallest absolute Gasteiger partial charge is 0.232 e. The third-order valence-electron chi connectivity index (χ3n) is 6.19. The van der Waals surface area contributed by atoms with E-state index in [0.717, 1.165) is 19.3 Å². The fourth-order valence-electron chi connectivity index (χ4n) is 6.42. The molecule has 4 fully saturated rings. The molecule has 1 aromatic rings. The Bertz CT molecular complexity index is 677. The molecular weight excluding hydrogens is 308 g/mol. The van der Waals surface area contributed by atoms with Crippen molar-refractivity contribution in [1.29, 1.82) is 0 Å². The molecule has 0 radical (unpaired) electrons. The van der Waals surface area contributed by atoms with Crippen molar-refractivity contribution in [3.05, 3.63) is 11.1 Å². The van der Waals surface area contributed by atoms with Crippen LogP contribution in [0.4, 0.5) is 5.13 Å². The first kappa shape index (κ1) is 15.3. The maximum atomic E-state index is 13.1. The number of amides is 1. The molecule has 0 aliphatic heterocycles. The number of nitrogens with zero attached hydrogens (tertiary/aromatic N) is 1. The van der Waals surface area contributed by atoms with Crippen molar-refractivity contribution in [2.45, 2.75) is 59.3 Å². The molecule has 5 heteroatoms. The van der Waals surface area contributed by atoms with Crippen LogP contribution in [0.2, 0.25) is 0 Å². The number of nitrogens with one attached hydrogen (secondary N) is 1. The van der Waals surface area contributed by atoms with Crippen molar-refractivity contribution in [2.24, 2.45) is 22.2 Å². The highest BCUT2D eigenvalue weighted by Crippen LogP contribution is 2.69. The molecule has 5 rings (SSSR count). The number of hydrogen-bond donors (Lipinski definition) is 1. The average molecular weight is 332 g/mol. The first-order valence-electron chi connectivity index (χ1n) is 8.49. The molecule has 4 aliphatic carbocycles. The molecule has 2 atom stereocenters. The van der Waals surface area contributed by atoms with Crippen molar-refractivity contribution < 1.29 is 9.59 Å². The minimum absolute atomic E-state index is 0.0587. The molecule has 4 nitrogen and oxygen atoms in total. The highest BCUT2D eigenvalue weighted by molar-refractivity contribution is 7.14. The number of carbonyl (C=O) groups is 2. The molecule has 1 heterocycles. The lowest BCUT2D eigenvalue weighted by Crippen LogP contribution is -2.58. The van der Waals surface area contributed by atoms with E-state index in [9.17, 15) is 9.59 Å². The van der Waals surface area contributed by atoms with Crippen molar-refractivity contribution >= 4 is 28.2 Å². The molecule has 0 spiro atoms. The first-order chi connectivity index (χ1) is 10.7. The summed E-state index contributed by atoms with van der Waals surface area (Å²) in [6, 6.07) is 0. The largest absolute Gasteiger partial charge is 0.301 e. The highest BCUT2D eigenvalue weighted by Gasteiger charge is 2.62. The van der Waals surface area contributed by atoms with Gasteiger partial charge in [0.25, 0.3) is 0 Å². The second-order valence-electron chi connectivity index (χ2n) is 8.96. The molecule has 124 valence electrons. The summed E-state index contributed by atoms with van der Waals surface area (Å²) < 4.78 is 0. The van der Waals surface area contributed by atoms with Gasteiger partial charge in [0.1, 0.15) is 5.69 Å². The maximum Gasteiger partial charge on any atom is 0.232 e. The topological polar surface area (TPSA) is 59.1 Å². The average Bonchev–Trinajstić information content (AvgIpc) is 2.83. The number of carbonyl (C=O) groups excluding carboxylic acids is 2. The van der Waals surface area contributed by atoms with E-state index in [1.54, 1.807) is 5.38 Å². The number of anilines is 1. The SMILES string of the molecule is CC(=O)c1csc(NC(=O)C23CC4CC(C)(CC(C)(C4)C2)C3)n1. The number of Topliss-reactive ketones (excluding diaryl/α,β-unsaturated/α-hetero) is 1. The van der Waals surface area contributed by atoms with Gasteiger partial charge in [-0.15, -0.1) is 11.3 Å². The van der Waals surface area contributed by atoms with Gasteiger partial charge >= 0.3 is 0 Å². The monoisotopic (exact) mass is 332 g/mol. The second kappa shape index (κ2) is 4.65. The molecule has 0 saturated heterocycles. The predicted octanol–water partition coefficient (Wildman–Crippen LogP) is 4.28. The normalized spacial score (nSPS) is 41.1. The number of hydrogen-bond acceptors (Lipinski definition) is 4. The summed E-state index contributed by atoms with van der Waals surface area (Å²) in [6.07, 6.45) is 6.85. The van der Waals surface area contributed by atoms with Gasteiger partial charge in [-0.1, -0.05) is 13.8 Å². The highest BCUT2D eigenvalue weighted by atomic mass is 32.1. The van der Waals surface area contributed by atoms with E-state index in [1.165, 1.54) is 37.5 Å². The van der Waals surface area contributed by atoms with Crippen molar-refractivity contribution in [2.75, 3.05) is 5.32 Å². The van der Waals surface area contributed by atoms with Gasteiger partial charge in [0.15, 0.2) is 10.9 Å². The molecule has 4 saturated carbocycles. The van der Waals surface area contributed by atoms with Crippen LogP contribution in [0, 0.1) is 22.2 Å². The summed E-state index contributed by atoms with van der Waals surface area (Å²) in [5.41, 5.74) is 0.845. The Morgan fingerprint density at radius 3 is 2.35 bits per heavy atom. The molecule has 0 aromatic carbocycles. The number of rotatable bonds is 3. The fraction of sp³-hybridized carbons (Fsp3) is 0.722. The van der Waals surface area contributed by atoms with Crippen LogP contribution in [0.25, 0.3) is 0 Å². The fourth-order valence-corrected chi connectivity index (χ4v) is 7.17. The third-order valence-corrected chi connectivity index (χ3v) is 6.95. The summed E-state index contributed by atoms with van der Waals surface area (Å²) >= 11 is 1.34. The van der Waals surface area contributed by atoms with E-state index >= 15 is 0 Å². The maximum absolute atomic E-state index is 13.1. The predicted molar refractivity (Wildman–Crippen MR) is 90.6 cm³/mol. The third kappa shape index (κ3) is 2.44. The summed E-state index contributed by atoms with van der Waals surface area (Å²) in [6.45, 7) is 6.24. The zero-order valence-electron chi connectivity index (χ0n) is 14.1.